The lowest BCUT2D eigenvalue weighted by Crippen LogP contribution is -2.17. The molecule has 2 aromatic heterocycles. The minimum Gasteiger partial charge on any atom is -0.367 e. The van der Waals surface area contributed by atoms with Crippen LogP contribution in [0.2, 0.25) is 0 Å². The molecule has 4 rings (SSSR count). The number of hydrogen-bond acceptors (Lipinski definition) is 2. The van der Waals surface area contributed by atoms with E-state index in [2.05, 4.69) is 22.7 Å². The molecule has 0 saturated heterocycles. The van der Waals surface area contributed by atoms with Crippen molar-refractivity contribution in [3.05, 3.63) is 53.5 Å². The number of benzene rings is 1. The summed E-state index contributed by atoms with van der Waals surface area (Å²) in [5.41, 5.74) is 4.17. The smallest absolute Gasteiger partial charge is 0.139 e. The minimum absolute atomic E-state index is 0.217. The van der Waals surface area contributed by atoms with Gasteiger partial charge in [0.15, 0.2) is 0 Å². The van der Waals surface area contributed by atoms with E-state index in [1.807, 2.05) is 25.1 Å². The second-order valence-corrected chi connectivity index (χ2v) is 6.73. The van der Waals surface area contributed by atoms with E-state index in [0.717, 1.165) is 35.6 Å². The van der Waals surface area contributed by atoms with E-state index in [-0.39, 0.29) is 5.82 Å². The molecule has 124 valence electrons. The maximum atomic E-state index is 14.6. The molecule has 0 aliphatic heterocycles. The summed E-state index contributed by atoms with van der Waals surface area (Å²) < 4.78 is 16.7. The molecule has 0 spiro atoms. The summed E-state index contributed by atoms with van der Waals surface area (Å²) in [6.07, 6.45) is 4.83. The summed E-state index contributed by atoms with van der Waals surface area (Å²) in [5, 5.41) is 3.66. The van der Waals surface area contributed by atoms with Gasteiger partial charge in [0, 0.05) is 17.3 Å². The summed E-state index contributed by atoms with van der Waals surface area (Å²) in [7, 11) is 0. The lowest BCUT2D eigenvalue weighted by molar-refractivity contribution is 0.629. The van der Waals surface area contributed by atoms with Crippen molar-refractivity contribution in [2.24, 2.45) is 0 Å². The Labute approximate surface area is 141 Å². The van der Waals surface area contributed by atoms with E-state index in [1.165, 1.54) is 18.9 Å². The van der Waals surface area contributed by atoms with Gasteiger partial charge in [-0.25, -0.2) is 9.37 Å². The molecule has 3 nitrogen and oxygen atoms in total. The summed E-state index contributed by atoms with van der Waals surface area (Å²) in [5.74, 6) is 0.703. The van der Waals surface area contributed by atoms with Crippen LogP contribution in [0.15, 0.2) is 36.4 Å². The van der Waals surface area contributed by atoms with E-state index >= 15 is 0 Å². The molecule has 1 fully saturated rings. The molecule has 0 atom stereocenters. The van der Waals surface area contributed by atoms with Crippen LogP contribution in [0.1, 0.15) is 36.9 Å². The predicted octanol–water partition coefficient (Wildman–Crippen LogP) is 5.11. The van der Waals surface area contributed by atoms with Crippen LogP contribution in [0.25, 0.3) is 16.9 Å². The fourth-order valence-electron chi connectivity index (χ4n) is 3.76. The third-order valence-corrected chi connectivity index (χ3v) is 4.99. The summed E-state index contributed by atoms with van der Waals surface area (Å²) >= 11 is 0. The number of nitrogens with one attached hydrogen (secondary N) is 1. The lowest BCUT2D eigenvalue weighted by atomic mass is 10.0. The second-order valence-electron chi connectivity index (χ2n) is 6.73. The van der Waals surface area contributed by atoms with Crippen LogP contribution < -0.4 is 5.32 Å². The predicted molar refractivity (Wildman–Crippen MR) is 95.9 cm³/mol. The first-order chi connectivity index (χ1) is 11.6. The van der Waals surface area contributed by atoms with Gasteiger partial charge in [0.1, 0.15) is 23.0 Å². The second kappa shape index (κ2) is 5.93. The summed E-state index contributed by atoms with van der Waals surface area (Å²) in [4.78, 5) is 4.77. The first-order valence-electron chi connectivity index (χ1n) is 8.65. The number of pyridine rings is 1. The molecule has 1 aliphatic rings. The highest BCUT2D eigenvalue weighted by molar-refractivity contribution is 5.79. The fraction of sp³-hybridized carbons (Fsp3) is 0.350. The van der Waals surface area contributed by atoms with Crippen molar-refractivity contribution >= 4 is 11.5 Å². The lowest BCUT2D eigenvalue weighted by Gasteiger charge is -2.16. The maximum Gasteiger partial charge on any atom is 0.139 e. The molecule has 1 aliphatic carbocycles. The van der Waals surface area contributed by atoms with Crippen molar-refractivity contribution in [3.63, 3.8) is 0 Å². The van der Waals surface area contributed by atoms with E-state index in [9.17, 15) is 4.39 Å². The number of halogens is 1. The highest BCUT2D eigenvalue weighted by Gasteiger charge is 2.23. The minimum atomic E-state index is -0.217. The molecule has 24 heavy (non-hydrogen) atoms. The number of hydrogen-bond donors (Lipinski definition) is 1. The van der Waals surface area contributed by atoms with Crippen LogP contribution in [0.4, 0.5) is 10.2 Å². The quantitative estimate of drug-likeness (QED) is 0.725. The van der Waals surface area contributed by atoms with Gasteiger partial charge in [0.2, 0.25) is 0 Å². The molecule has 0 radical (unpaired) electrons. The van der Waals surface area contributed by atoms with Crippen molar-refractivity contribution < 1.29 is 4.39 Å². The Kier molecular flexibility index (Phi) is 3.75. The van der Waals surface area contributed by atoms with Crippen LogP contribution in [0.5, 0.6) is 0 Å². The zero-order valence-electron chi connectivity index (χ0n) is 14.1. The molecule has 1 saturated carbocycles. The van der Waals surface area contributed by atoms with E-state index in [0.29, 0.717) is 17.3 Å². The Morgan fingerprint density at radius 3 is 2.58 bits per heavy atom. The molecule has 0 bridgehead atoms. The van der Waals surface area contributed by atoms with Gasteiger partial charge < -0.3 is 5.32 Å². The van der Waals surface area contributed by atoms with Crippen LogP contribution in [0.3, 0.4) is 0 Å². The van der Waals surface area contributed by atoms with Crippen molar-refractivity contribution in [3.8, 4) is 11.3 Å². The van der Waals surface area contributed by atoms with Crippen molar-refractivity contribution in [1.29, 1.82) is 0 Å². The van der Waals surface area contributed by atoms with Gasteiger partial charge in [-0.05, 0) is 50.5 Å². The number of imidazole rings is 1. The van der Waals surface area contributed by atoms with E-state index in [1.54, 1.807) is 6.07 Å². The maximum absolute atomic E-state index is 14.6. The first-order valence-corrected chi connectivity index (χ1v) is 8.65. The number of fused-ring (bicyclic) bond motifs is 1. The van der Waals surface area contributed by atoms with E-state index < -0.39 is 0 Å². The molecular formula is C20H22FN3. The Bertz CT molecular complexity index is 871. The van der Waals surface area contributed by atoms with Gasteiger partial charge >= 0.3 is 0 Å². The zero-order valence-corrected chi connectivity index (χ0v) is 14.1. The monoisotopic (exact) mass is 323 g/mol. The summed E-state index contributed by atoms with van der Waals surface area (Å²) in [6.45, 7) is 4.00. The largest absolute Gasteiger partial charge is 0.367 e. The van der Waals surface area contributed by atoms with Crippen molar-refractivity contribution in [1.82, 2.24) is 9.38 Å². The Balaban J connectivity index is 1.95. The fourth-order valence-corrected chi connectivity index (χ4v) is 3.76. The van der Waals surface area contributed by atoms with Gasteiger partial charge in [-0.3, -0.25) is 4.40 Å². The molecule has 0 unspecified atom stereocenters. The number of rotatable bonds is 3. The molecule has 3 aromatic rings. The summed E-state index contributed by atoms with van der Waals surface area (Å²) in [6, 6.07) is 11.7. The zero-order chi connectivity index (χ0) is 16.7. The van der Waals surface area contributed by atoms with Crippen LogP contribution in [-0.2, 0) is 0 Å². The molecule has 1 N–H and O–H groups in total. The van der Waals surface area contributed by atoms with Crippen molar-refractivity contribution in [2.45, 2.75) is 45.6 Å². The van der Waals surface area contributed by atoms with Gasteiger partial charge in [-0.15, -0.1) is 0 Å². The molecule has 0 amide bonds. The highest BCUT2D eigenvalue weighted by Crippen LogP contribution is 2.35. The van der Waals surface area contributed by atoms with Crippen LogP contribution >= 0.6 is 0 Å². The van der Waals surface area contributed by atoms with Crippen LogP contribution in [-0.4, -0.2) is 15.4 Å². The Morgan fingerprint density at radius 2 is 1.83 bits per heavy atom. The molecule has 4 heteroatoms. The van der Waals surface area contributed by atoms with Crippen molar-refractivity contribution in [2.75, 3.05) is 5.32 Å². The topological polar surface area (TPSA) is 29.3 Å². The Morgan fingerprint density at radius 1 is 1.08 bits per heavy atom. The SMILES string of the molecule is Cc1cccc(F)c1-c1nc2cccc(C)n2c1NC1CCCC1. The number of aromatic nitrogens is 2. The Hall–Kier alpha value is -2.36. The van der Waals surface area contributed by atoms with Gasteiger partial charge in [-0.2, -0.15) is 0 Å². The standard InChI is InChI=1S/C20H22FN3/c1-13-7-5-11-16(21)18(13)19-20(22-15-9-3-4-10-15)24-14(2)8-6-12-17(24)23-19/h5-8,11-12,15,22H,3-4,9-10H2,1-2H3. The highest BCUT2D eigenvalue weighted by atomic mass is 19.1. The molecule has 1 aromatic carbocycles. The van der Waals surface area contributed by atoms with Gasteiger partial charge in [0.05, 0.1) is 0 Å². The average molecular weight is 323 g/mol. The third kappa shape index (κ3) is 2.46. The third-order valence-electron chi connectivity index (χ3n) is 4.99. The van der Waals surface area contributed by atoms with E-state index in [4.69, 9.17) is 4.98 Å². The molecule has 2 heterocycles. The number of anilines is 1. The van der Waals surface area contributed by atoms with Gasteiger partial charge in [-0.1, -0.05) is 31.0 Å². The number of aryl methyl sites for hydroxylation is 2. The number of nitrogens with zero attached hydrogens (tertiary/aromatic N) is 2. The first kappa shape index (κ1) is 15.2. The average Bonchev–Trinajstić information content (AvgIpc) is 3.17. The van der Waals surface area contributed by atoms with Crippen LogP contribution in [0, 0.1) is 19.7 Å². The van der Waals surface area contributed by atoms with Gasteiger partial charge in [0.25, 0.3) is 0 Å². The normalized spacial score (nSPS) is 15.3. The molecular weight excluding hydrogens is 301 g/mol.